The van der Waals surface area contributed by atoms with Crippen molar-refractivity contribution < 1.29 is 14.1 Å². The van der Waals surface area contributed by atoms with Gasteiger partial charge in [-0.15, -0.1) is 0 Å². The van der Waals surface area contributed by atoms with Crippen LogP contribution in [0.4, 0.5) is 0 Å². The molecular weight excluding hydrogens is 352 g/mol. The molecule has 0 saturated carbocycles. The van der Waals surface area contributed by atoms with E-state index >= 15 is 0 Å². The van der Waals surface area contributed by atoms with Crippen LogP contribution in [-0.2, 0) is 4.74 Å². The number of hydrogen-bond donors (Lipinski definition) is 0. The van der Waals surface area contributed by atoms with E-state index in [0.29, 0.717) is 31.2 Å². The Morgan fingerprint density at radius 2 is 1.75 bits per heavy atom. The third-order valence-corrected chi connectivity index (χ3v) is 5.18. The average Bonchev–Trinajstić information content (AvgIpc) is 3.19. The summed E-state index contributed by atoms with van der Waals surface area (Å²) >= 11 is 0. The lowest BCUT2D eigenvalue weighted by atomic mass is 9.86. The number of hydrogen-bond acceptors (Lipinski definition) is 4. The first-order valence-corrected chi connectivity index (χ1v) is 9.65. The molecule has 1 aliphatic heterocycles. The van der Waals surface area contributed by atoms with Crippen LogP contribution >= 0.6 is 0 Å². The molecule has 3 aromatic rings. The van der Waals surface area contributed by atoms with Crippen LogP contribution in [0.3, 0.4) is 0 Å². The molecule has 4 rings (SSSR count). The van der Waals surface area contributed by atoms with Gasteiger partial charge in [0.2, 0.25) is 0 Å². The van der Waals surface area contributed by atoms with Crippen molar-refractivity contribution in [3.8, 4) is 0 Å². The lowest BCUT2D eigenvalue weighted by molar-refractivity contribution is -0.0267. The van der Waals surface area contributed by atoms with E-state index in [9.17, 15) is 4.79 Å². The maximum Gasteiger partial charge on any atom is 0.276 e. The number of aryl methyl sites for hydroxylation is 1. The molecule has 5 heteroatoms. The highest BCUT2D eigenvalue weighted by molar-refractivity contribution is 5.92. The molecule has 2 heterocycles. The highest BCUT2D eigenvalue weighted by Crippen LogP contribution is 2.31. The minimum atomic E-state index is -0.0962. The van der Waals surface area contributed by atoms with Crippen molar-refractivity contribution >= 4 is 5.91 Å². The monoisotopic (exact) mass is 376 g/mol. The zero-order valence-corrected chi connectivity index (χ0v) is 16.0. The van der Waals surface area contributed by atoms with Gasteiger partial charge in [0.1, 0.15) is 5.76 Å². The Kier molecular flexibility index (Phi) is 5.53. The predicted octanol–water partition coefficient (Wildman–Crippen LogP) is 4.05. The minimum Gasteiger partial charge on any atom is -0.375 e. The predicted molar refractivity (Wildman–Crippen MR) is 106 cm³/mol. The van der Waals surface area contributed by atoms with Crippen LogP contribution in [0.15, 0.2) is 71.3 Å². The topological polar surface area (TPSA) is 55.6 Å². The number of carbonyl (C=O) groups is 1. The van der Waals surface area contributed by atoms with Crippen LogP contribution in [0.2, 0.25) is 0 Å². The van der Waals surface area contributed by atoms with E-state index in [1.165, 1.54) is 11.1 Å². The normalized spacial score (nSPS) is 17.1. The number of nitrogens with zero attached hydrogens (tertiary/aromatic N) is 2. The van der Waals surface area contributed by atoms with Crippen molar-refractivity contribution in [3.05, 3.63) is 89.3 Å². The molecule has 0 unspecified atom stereocenters. The second kappa shape index (κ2) is 8.40. The lowest BCUT2D eigenvalue weighted by Crippen LogP contribution is -2.46. The maximum atomic E-state index is 12.7. The molecule has 1 aliphatic rings. The molecule has 0 aliphatic carbocycles. The Balaban J connectivity index is 1.51. The van der Waals surface area contributed by atoms with E-state index in [1.54, 1.807) is 13.0 Å². The Labute approximate surface area is 164 Å². The second-order valence-corrected chi connectivity index (χ2v) is 7.18. The van der Waals surface area contributed by atoms with E-state index in [0.717, 1.165) is 6.42 Å². The number of carbonyl (C=O) groups excluding carboxylic acids is 1. The molecule has 0 spiro atoms. The molecule has 1 fully saturated rings. The van der Waals surface area contributed by atoms with Crippen molar-refractivity contribution in [2.45, 2.75) is 25.4 Å². The largest absolute Gasteiger partial charge is 0.375 e. The van der Waals surface area contributed by atoms with Crippen LogP contribution in [0.1, 0.15) is 39.7 Å². The Morgan fingerprint density at radius 3 is 2.32 bits per heavy atom. The van der Waals surface area contributed by atoms with Gasteiger partial charge in [0.15, 0.2) is 5.69 Å². The first kappa shape index (κ1) is 18.4. The van der Waals surface area contributed by atoms with Crippen molar-refractivity contribution in [1.82, 2.24) is 10.1 Å². The summed E-state index contributed by atoms with van der Waals surface area (Å²) in [6.07, 6.45) is 0.784. The molecule has 1 atom stereocenters. The number of amides is 1. The highest BCUT2D eigenvalue weighted by atomic mass is 16.5. The van der Waals surface area contributed by atoms with Crippen molar-refractivity contribution in [2.75, 3.05) is 19.7 Å². The molecule has 1 aromatic heterocycles. The maximum absolute atomic E-state index is 12.7. The van der Waals surface area contributed by atoms with E-state index < -0.39 is 0 Å². The highest BCUT2D eigenvalue weighted by Gasteiger charge is 2.29. The zero-order valence-electron chi connectivity index (χ0n) is 16.0. The van der Waals surface area contributed by atoms with Gasteiger partial charge in [0.25, 0.3) is 5.91 Å². The number of benzene rings is 2. The fraction of sp³-hybridized carbons (Fsp3) is 0.304. The van der Waals surface area contributed by atoms with E-state index in [1.807, 2.05) is 17.0 Å². The summed E-state index contributed by atoms with van der Waals surface area (Å²) in [5, 5.41) is 3.87. The summed E-state index contributed by atoms with van der Waals surface area (Å²) in [5.41, 5.74) is 2.88. The number of morpholine rings is 1. The first-order valence-electron chi connectivity index (χ1n) is 9.65. The van der Waals surface area contributed by atoms with Crippen LogP contribution < -0.4 is 0 Å². The fourth-order valence-corrected chi connectivity index (χ4v) is 3.77. The molecule has 2 aromatic carbocycles. The molecule has 144 valence electrons. The van der Waals surface area contributed by atoms with Crippen molar-refractivity contribution in [1.29, 1.82) is 0 Å². The van der Waals surface area contributed by atoms with Crippen LogP contribution in [-0.4, -0.2) is 41.8 Å². The molecule has 0 radical (unpaired) electrons. The molecule has 1 amide bonds. The fourth-order valence-electron chi connectivity index (χ4n) is 3.77. The average molecular weight is 376 g/mol. The summed E-state index contributed by atoms with van der Waals surface area (Å²) < 4.78 is 11.1. The minimum absolute atomic E-state index is 0.0314. The molecular formula is C23H24N2O3. The SMILES string of the molecule is Cc1cc(C(=O)N2CCO[C@@H](CC(c3ccccc3)c3ccccc3)C2)no1. The quantitative estimate of drug-likeness (QED) is 0.674. The van der Waals surface area contributed by atoms with Crippen LogP contribution in [0.25, 0.3) is 0 Å². The van der Waals surface area contributed by atoms with Crippen LogP contribution in [0.5, 0.6) is 0 Å². The van der Waals surface area contributed by atoms with Crippen molar-refractivity contribution in [2.24, 2.45) is 0 Å². The van der Waals surface area contributed by atoms with Gasteiger partial charge in [0, 0.05) is 25.1 Å². The summed E-state index contributed by atoms with van der Waals surface area (Å²) in [7, 11) is 0. The molecule has 0 N–H and O–H groups in total. The summed E-state index contributed by atoms with van der Waals surface area (Å²) in [6.45, 7) is 3.45. The summed E-state index contributed by atoms with van der Waals surface area (Å²) in [6, 6.07) is 22.6. The van der Waals surface area contributed by atoms with Gasteiger partial charge in [-0.25, -0.2) is 0 Å². The van der Waals surface area contributed by atoms with Gasteiger partial charge in [-0.1, -0.05) is 65.8 Å². The molecule has 5 nitrogen and oxygen atoms in total. The third-order valence-electron chi connectivity index (χ3n) is 5.18. The van der Waals surface area contributed by atoms with E-state index in [4.69, 9.17) is 9.26 Å². The summed E-state index contributed by atoms with van der Waals surface area (Å²) in [5.74, 6) is 0.763. The smallest absolute Gasteiger partial charge is 0.276 e. The van der Waals surface area contributed by atoms with Gasteiger partial charge >= 0.3 is 0 Å². The lowest BCUT2D eigenvalue weighted by Gasteiger charge is -2.34. The molecule has 28 heavy (non-hydrogen) atoms. The second-order valence-electron chi connectivity index (χ2n) is 7.18. The van der Waals surface area contributed by atoms with Crippen LogP contribution in [0, 0.1) is 6.92 Å². The first-order chi connectivity index (χ1) is 13.7. The number of aromatic nitrogens is 1. The Morgan fingerprint density at radius 1 is 1.11 bits per heavy atom. The number of ether oxygens (including phenoxy) is 1. The summed E-state index contributed by atoms with van der Waals surface area (Å²) in [4.78, 5) is 14.6. The van der Waals surface area contributed by atoms with Gasteiger partial charge < -0.3 is 14.2 Å². The van der Waals surface area contributed by atoms with Gasteiger partial charge in [-0.05, 0) is 24.5 Å². The zero-order chi connectivity index (χ0) is 19.3. The standard InChI is InChI=1S/C23H24N2O3/c1-17-14-22(24-28-17)23(26)25-12-13-27-20(16-25)15-21(18-8-4-2-5-9-18)19-10-6-3-7-11-19/h2-11,14,20-21H,12-13,15-16H2,1H3/t20-/m0/s1. The third kappa shape index (κ3) is 4.15. The Hall–Kier alpha value is -2.92. The number of rotatable bonds is 5. The van der Waals surface area contributed by atoms with E-state index in [-0.39, 0.29) is 17.9 Å². The Bertz CT molecular complexity index is 868. The molecule has 1 saturated heterocycles. The van der Waals surface area contributed by atoms with Crippen molar-refractivity contribution in [3.63, 3.8) is 0 Å². The van der Waals surface area contributed by atoms with Gasteiger partial charge in [-0.3, -0.25) is 4.79 Å². The van der Waals surface area contributed by atoms with Gasteiger partial charge in [-0.2, -0.15) is 0 Å². The van der Waals surface area contributed by atoms with E-state index in [2.05, 4.69) is 53.7 Å². The molecule has 0 bridgehead atoms. The van der Waals surface area contributed by atoms with Gasteiger partial charge in [0.05, 0.1) is 12.7 Å².